The van der Waals surface area contributed by atoms with Crippen LogP contribution < -0.4 is 20.7 Å². The molecule has 0 saturated heterocycles. The molecule has 0 saturated carbocycles. The Morgan fingerprint density at radius 2 is 1.79 bits per heavy atom. The molecule has 0 spiro atoms. The lowest BCUT2D eigenvalue weighted by Crippen LogP contribution is -2.29. The zero-order valence-electron chi connectivity index (χ0n) is 21.6. The number of anilines is 4. The van der Waals surface area contributed by atoms with Crippen LogP contribution in [-0.4, -0.2) is 71.9 Å². The molecule has 0 aliphatic heterocycles. The number of methoxy groups -OCH3 is 1. The van der Waals surface area contributed by atoms with E-state index in [1.54, 1.807) is 12.1 Å². The fourth-order valence-electron chi connectivity index (χ4n) is 4.03. The molecule has 0 unspecified atom stereocenters. The third-order valence-electron chi connectivity index (χ3n) is 5.87. The zero-order chi connectivity index (χ0) is 28.5. The number of nitrogen functional groups attached to an aromatic ring is 1. The van der Waals surface area contributed by atoms with Crippen molar-refractivity contribution in [3.05, 3.63) is 48.2 Å². The second kappa shape index (κ2) is 10.9. The first-order valence-electron chi connectivity index (χ1n) is 11.7. The van der Waals surface area contributed by atoms with Crippen LogP contribution in [-0.2, 0) is 6.54 Å². The highest BCUT2D eigenvalue weighted by Gasteiger charge is 2.32. The molecule has 4 rings (SSSR count). The third-order valence-corrected chi connectivity index (χ3v) is 5.87. The van der Waals surface area contributed by atoms with Gasteiger partial charge in [-0.25, -0.2) is 23.7 Å². The summed E-state index contributed by atoms with van der Waals surface area (Å²) in [6.45, 7) is -0.0441. The molecule has 4 aromatic rings. The lowest BCUT2D eigenvalue weighted by atomic mass is 10.2. The molecule has 0 aliphatic carbocycles. The molecule has 9 nitrogen and oxygen atoms in total. The Labute approximate surface area is 221 Å². The number of aromatic nitrogens is 4. The van der Waals surface area contributed by atoms with Crippen molar-refractivity contribution in [2.45, 2.75) is 12.7 Å². The molecule has 2 heterocycles. The van der Waals surface area contributed by atoms with Crippen molar-refractivity contribution in [1.29, 1.82) is 0 Å². The van der Waals surface area contributed by atoms with Gasteiger partial charge >= 0.3 is 6.18 Å². The standard InChI is InChI=1S/C25H27F5N8O/c1-36(2)7-8-37(3)20-12-21(39-4)18(11-16(20)31)35-24-32-6-5-17(34-24)23-33-19-10-14(26)9-15(27)22(19)38(23)13-25(28,29)30/h5-6,9-12H,7-8,13,31H2,1-4H3,(H,32,34,35). The Bertz CT molecular complexity index is 1490. The van der Waals surface area contributed by atoms with Crippen molar-refractivity contribution < 1.29 is 26.7 Å². The number of nitrogens with two attached hydrogens (primary N) is 1. The minimum Gasteiger partial charge on any atom is -0.494 e. The van der Waals surface area contributed by atoms with Gasteiger partial charge in [-0.1, -0.05) is 0 Å². The summed E-state index contributed by atoms with van der Waals surface area (Å²) >= 11 is 0. The monoisotopic (exact) mass is 550 g/mol. The van der Waals surface area contributed by atoms with E-state index in [0.29, 0.717) is 34.3 Å². The summed E-state index contributed by atoms with van der Waals surface area (Å²) in [7, 11) is 7.30. The molecule has 39 heavy (non-hydrogen) atoms. The highest BCUT2D eigenvalue weighted by atomic mass is 19.4. The van der Waals surface area contributed by atoms with E-state index >= 15 is 0 Å². The first-order chi connectivity index (χ1) is 18.4. The van der Waals surface area contributed by atoms with Crippen LogP contribution in [0.1, 0.15) is 0 Å². The summed E-state index contributed by atoms with van der Waals surface area (Å²) in [6.07, 6.45) is -3.40. The van der Waals surface area contributed by atoms with E-state index in [1.165, 1.54) is 19.4 Å². The van der Waals surface area contributed by atoms with Gasteiger partial charge in [0, 0.05) is 44.5 Å². The molecule has 0 radical (unpaired) electrons. The molecule has 2 aromatic heterocycles. The van der Waals surface area contributed by atoms with Crippen LogP contribution in [0.2, 0.25) is 0 Å². The zero-order valence-corrected chi connectivity index (χ0v) is 21.6. The van der Waals surface area contributed by atoms with Crippen LogP contribution in [0.25, 0.3) is 22.6 Å². The molecule has 2 aromatic carbocycles. The van der Waals surface area contributed by atoms with Gasteiger partial charge in [-0.3, -0.25) is 0 Å². The SMILES string of the molecule is COc1cc(N(C)CCN(C)C)c(N)cc1Nc1nccc(-c2nc3cc(F)cc(F)c3n2CC(F)(F)F)n1. The summed E-state index contributed by atoms with van der Waals surface area (Å²) < 4.78 is 74.6. The molecular formula is C25H27F5N8O. The molecule has 0 bridgehead atoms. The average Bonchev–Trinajstić information content (AvgIpc) is 3.19. The highest BCUT2D eigenvalue weighted by Crippen LogP contribution is 2.36. The van der Waals surface area contributed by atoms with E-state index < -0.39 is 29.9 Å². The van der Waals surface area contributed by atoms with Crippen LogP contribution in [0.5, 0.6) is 5.75 Å². The van der Waals surface area contributed by atoms with Crippen LogP contribution in [0.4, 0.5) is 45.0 Å². The van der Waals surface area contributed by atoms with Crippen LogP contribution in [0, 0.1) is 11.6 Å². The van der Waals surface area contributed by atoms with Gasteiger partial charge < -0.3 is 30.2 Å². The maximum atomic E-state index is 14.5. The van der Waals surface area contributed by atoms with E-state index in [1.807, 2.05) is 30.9 Å². The molecule has 0 amide bonds. The Hall–Kier alpha value is -4.20. The summed E-state index contributed by atoms with van der Waals surface area (Å²) in [4.78, 5) is 16.5. The summed E-state index contributed by atoms with van der Waals surface area (Å²) in [5, 5.41) is 2.97. The largest absolute Gasteiger partial charge is 0.494 e. The molecule has 208 valence electrons. The minimum absolute atomic E-state index is 0.00354. The molecular weight excluding hydrogens is 523 g/mol. The fourth-order valence-corrected chi connectivity index (χ4v) is 4.03. The Morgan fingerprint density at radius 1 is 1.05 bits per heavy atom. The van der Waals surface area contributed by atoms with Gasteiger partial charge in [-0.05, 0) is 26.2 Å². The van der Waals surface area contributed by atoms with E-state index in [9.17, 15) is 22.0 Å². The van der Waals surface area contributed by atoms with E-state index in [4.69, 9.17) is 10.5 Å². The second-order valence-electron chi connectivity index (χ2n) is 9.12. The topological polar surface area (TPSA) is 97.4 Å². The predicted molar refractivity (Wildman–Crippen MR) is 139 cm³/mol. The number of benzene rings is 2. The lowest BCUT2D eigenvalue weighted by molar-refractivity contribution is -0.139. The number of imidazole rings is 1. The van der Waals surface area contributed by atoms with E-state index in [0.717, 1.165) is 18.3 Å². The van der Waals surface area contributed by atoms with Gasteiger partial charge in [0.15, 0.2) is 11.6 Å². The number of ether oxygens (including phenoxy) is 1. The third kappa shape index (κ3) is 6.28. The molecule has 0 atom stereocenters. The van der Waals surface area contributed by atoms with Gasteiger partial charge in [0.2, 0.25) is 5.95 Å². The number of hydrogen-bond acceptors (Lipinski definition) is 8. The minimum atomic E-state index is -4.70. The maximum Gasteiger partial charge on any atom is 0.406 e. The van der Waals surface area contributed by atoms with Gasteiger partial charge in [0.1, 0.15) is 29.3 Å². The lowest BCUT2D eigenvalue weighted by Gasteiger charge is -2.24. The Kier molecular flexibility index (Phi) is 7.77. The van der Waals surface area contributed by atoms with Gasteiger partial charge in [0.05, 0.1) is 29.7 Å². The van der Waals surface area contributed by atoms with E-state index in [2.05, 4.69) is 20.3 Å². The Morgan fingerprint density at radius 3 is 2.46 bits per heavy atom. The van der Waals surface area contributed by atoms with Crippen molar-refractivity contribution in [2.75, 3.05) is 57.3 Å². The molecule has 14 heteroatoms. The average molecular weight is 551 g/mol. The first kappa shape index (κ1) is 27.8. The number of alkyl halides is 3. The first-order valence-corrected chi connectivity index (χ1v) is 11.7. The fraction of sp³-hybridized carbons (Fsp3) is 0.320. The predicted octanol–water partition coefficient (Wildman–Crippen LogP) is 4.67. The number of nitrogens with one attached hydrogen (secondary N) is 1. The Balaban J connectivity index is 1.72. The smallest absolute Gasteiger partial charge is 0.406 e. The van der Waals surface area contributed by atoms with Crippen molar-refractivity contribution in [3.63, 3.8) is 0 Å². The number of hydrogen-bond donors (Lipinski definition) is 2. The van der Waals surface area contributed by atoms with Crippen LogP contribution in [0.15, 0.2) is 36.5 Å². The number of likely N-dealkylation sites (N-methyl/N-ethyl adjacent to an activating group) is 2. The normalized spacial score (nSPS) is 11.8. The second-order valence-corrected chi connectivity index (χ2v) is 9.12. The van der Waals surface area contributed by atoms with Crippen LogP contribution >= 0.6 is 0 Å². The van der Waals surface area contributed by atoms with Crippen LogP contribution in [0.3, 0.4) is 0 Å². The number of nitrogens with zero attached hydrogens (tertiary/aromatic N) is 6. The number of fused-ring (bicyclic) bond motifs is 1. The molecule has 0 aliphatic rings. The maximum absolute atomic E-state index is 14.5. The number of halogens is 5. The quantitative estimate of drug-likeness (QED) is 0.229. The van der Waals surface area contributed by atoms with Crippen molar-refractivity contribution in [1.82, 2.24) is 24.4 Å². The molecule has 3 N–H and O–H groups in total. The summed E-state index contributed by atoms with van der Waals surface area (Å²) in [5.74, 6) is -2.02. The van der Waals surface area contributed by atoms with Gasteiger partial charge in [-0.2, -0.15) is 13.2 Å². The van der Waals surface area contributed by atoms with E-state index in [-0.39, 0.29) is 23.0 Å². The summed E-state index contributed by atoms with van der Waals surface area (Å²) in [6, 6.07) is 6.07. The van der Waals surface area contributed by atoms with Gasteiger partial charge in [-0.15, -0.1) is 0 Å². The molecule has 0 fully saturated rings. The van der Waals surface area contributed by atoms with Crippen molar-refractivity contribution in [3.8, 4) is 17.3 Å². The highest BCUT2D eigenvalue weighted by molar-refractivity contribution is 5.82. The van der Waals surface area contributed by atoms with Crippen molar-refractivity contribution >= 4 is 34.0 Å². The summed E-state index contributed by atoms with van der Waals surface area (Å²) in [5.41, 5.74) is 7.09. The van der Waals surface area contributed by atoms with Crippen molar-refractivity contribution in [2.24, 2.45) is 0 Å². The number of rotatable bonds is 9. The van der Waals surface area contributed by atoms with Gasteiger partial charge in [0.25, 0.3) is 0 Å².